The fraction of sp³-hybridized carbons (Fsp3) is 0.136. The Morgan fingerprint density at radius 1 is 1.30 bits per heavy atom. The van der Waals surface area contributed by atoms with Gasteiger partial charge in [-0.15, -0.1) is 11.3 Å². The maximum absolute atomic E-state index is 12.7. The van der Waals surface area contributed by atoms with Gasteiger partial charge in [-0.05, 0) is 25.5 Å². The van der Waals surface area contributed by atoms with E-state index in [0.717, 1.165) is 15.2 Å². The highest BCUT2D eigenvalue weighted by Crippen LogP contribution is 2.34. The molecule has 7 nitrogen and oxygen atoms in total. The summed E-state index contributed by atoms with van der Waals surface area (Å²) >= 11 is 1.35. The number of carbonyl (C=O) groups is 2. The first-order chi connectivity index (χ1) is 14.5. The van der Waals surface area contributed by atoms with Crippen LogP contribution in [-0.2, 0) is 9.59 Å². The van der Waals surface area contributed by atoms with Crippen LogP contribution in [0.5, 0.6) is 0 Å². The van der Waals surface area contributed by atoms with E-state index in [4.69, 9.17) is 11.0 Å². The van der Waals surface area contributed by atoms with Gasteiger partial charge < -0.3 is 4.42 Å². The van der Waals surface area contributed by atoms with E-state index < -0.39 is 11.8 Å². The second-order valence-corrected chi connectivity index (χ2v) is 7.58. The van der Waals surface area contributed by atoms with Crippen molar-refractivity contribution in [2.24, 2.45) is 0 Å². The molecule has 3 heterocycles. The van der Waals surface area contributed by atoms with Crippen molar-refractivity contribution < 1.29 is 14.0 Å². The molecule has 2 amide bonds. The summed E-state index contributed by atoms with van der Waals surface area (Å²) < 4.78 is 6.64. The van der Waals surface area contributed by atoms with Gasteiger partial charge in [0.25, 0.3) is 11.8 Å². The first-order valence-electron chi connectivity index (χ1n) is 9.04. The molecule has 1 aliphatic rings. The smallest absolute Gasteiger partial charge is 0.271 e. The Bertz CT molecular complexity index is 1310. The molecule has 0 fully saturated rings. The molecule has 0 spiro atoms. The van der Waals surface area contributed by atoms with Crippen molar-refractivity contribution in [2.75, 3.05) is 6.54 Å². The molecule has 1 aliphatic heterocycles. The number of hydrogen-bond acceptors (Lipinski definition) is 6. The first-order valence-corrected chi connectivity index (χ1v) is 9.86. The number of amides is 2. The van der Waals surface area contributed by atoms with Gasteiger partial charge in [0.1, 0.15) is 22.4 Å². The summed E-state index contributed by atoms with van der Waals surface area (Å²) in [6.45, 7) is 10.5. The van der Waals surface area contributed by atoms with Gasteiger partial charge >= 0.3 is 0 Å². The number of imide groups is 1. The summed E-state index contributed by atoms with van der Waals surface area (Å²) in [5.41, 5.74) is 2.42. The Kier molecular flexibility index (Phi) is 4.78. The molecule has 3 aromatic rings. The Hall–Kier alpha value is -4.01. The molecule has 0 radical (unpaired) electrons. The van der Waals surface area contributed by atoms with Crippen molar-refractivity contribution in [3.63, 3.8) is 0 Å². The number of likely N-dealkylation sites (N-methyl/N-ethyl adjacent to an activating group) is 1. The first kappa shape index (κ1) is 19.3. The zero-order chi connectivity index (χ0) is 21.4. The molecule has 2 aromatic heterocycles. The second-order valence-electron chi connectivity index (χ2n) is 6.52. The largest absolute Gasteiger partial charge is 0.437 e. The number of benzene rings is 1. The maximum Gasteiger partial charge on any atom is 0.271 e. The van der Waals surface area contributed by atoms with Crippen LogP contribution in [0.3, 0.4) is 0 Å². The molecule has 0 N–H and O–H groups in total. The topological polar surface area (TPSA) is 91.6 Å². The van der Waals surface area contributed by atoms with Crippen LogP contribution >= 0.6 is 11.3 Å². The number of carbonyl (C=O) groups excluding carboxylic acids is 2. The minimum atomic E-state index is -0.568. The minimum Gasteiger partial charge on any atom is -0.437 e. The van der Waals surface area contributed by atoms with E-state index >= 15 is 0 Å². The third-order valence-electron chi connectivity index (χ3n) is 4.80. The number of fused-ring (bicyclic) bond motifs is 1. The zero-order valence-corrected chi connectivity index (χ0v) is 16.9. The van der Waals surface area contributed by atoms with Gasteiger partial charge in [-0.2, -0.15) is 5.26 Å². The van der Waals surface area contributed by atoms with E-state index in [0.29, 0.717) is 27.7 Å². The van der Waals surface area contributed by atoms with Gasteiger partial charge in [-0.3, -0.25) is 14.5 Å². The lowest BCUT2D eigenvalue weighted by atomic mass is 9.95. The molecule has 1 aromatic carbocycles. The predicted octanol–water partition coefficient (Wildman–Crippen LogP) is 4.72. The third kappa shape index (κ3) is 3.10. The molecular formula is C22H14N4O3S. The Morgan fingerprint density at radius 2 is 2.03 bits per heavy atom. The summed E-state index contributed by atoms with van der Waals surface area (Å²) in [6, 6.07) is 10.8. The van der Waals surface area contributed by atoms with E-state index in [-0.39, 0.29) is 17.7 Å². The van der Waals surface area contributed by atoms with Gasteiger partial charge in [-0.1, -0.05) is 24.3 Å². The van der Waals surface area contributed by atoms with E-state index in [1.54, 1.807) is 32.1 Å². The molecule has 30 heavy (non-hydrogen) atoms. The fourth-order valence-electron chi connectivity index (χ4n) is 3.20. The fourth-order valence-corrected chi connectivity index (χ4v) is 4.07. The van der Waals surface area contributed by atoms with Gasteiger partial charge in [0.05, 0.1) is 11.3 Å². The summed E-state index contributed by atoms with van der Waals surface area (Å²) in [4.78, 5) is 33.9. The van der Waals surface area contributed by atoms with Crippen LogP contribution in [-0.4, -0.2) is 28.2 Å². The average molecular weight is 414 g/mol. The number of nitriles is 1. The number of aromatic nitrogens is 1. The zero-order valence-electron chi connectivity index (χ0n) is 16.1. The molecule has 8 heteroatoms. The quantitative estimate of drug-likeness (QED) is 0.351. The van der Waals surface area contributed by atoms with Crippen molar-refractivity contribution in [3.05, 3.63) is 63.5 Å². The second kappa shape index (κ2) is 7.43. The Labute approximate surface area is 176 Å². The lowest BCUT2D eigenvalue weighted by Gasteiger charge is -2.25. The number of thiazole rings is 1. The van der Waals surface area contributed by atoms with E-state index in [2.05, 4.69) is 9.83 Å². The van der Waals surface area contributed by atoms with Crippen molar-refractivity contribution in [2.45, 2.75) is 13.8 Å². The summed E-state index contributed by atoms with van der Waals surface area (Å²) in [6.07, 6.45) is 1.59. The predicted molar refractivity (Wildman–Crippen MR) is 112 cm³/mol. The Balaban J connectivity index is 1.72. The lowest BCUT2D eigenvalue weighted by Crippen LogP contribution is -2.42. The number of rotatable bonds is 3. The number of nitrogens with zero attached hydrogens (tertiary/aromatic N) is 4. The highest BCUT2D eigenvalue weighted by Gasteiger charge is 2.34. The van der Waals surface area contributed by atoms with Crippen molar-refractivity contribution in [3.8, 4) is 17.4 Å². The minimum absolute atomic E-state index is 0.0342. The number of hydrogen-bond donors (Lipinski definition) is 0. The van der Waals surface area contributed by atoms with Gasteiger partial charge in [0, 0.05) is 23.7 Å². The van der Waals surface area contributed by atoms with Crippen LogP contribution in [0.2, 0.25) is 0 Å². The molecule has 0 atom stereocenters. The van der Waals surface area contributed by atoms with E-state index in [1.165, 1.54) is 11.3 Å². The highest BCUT2D eigenvalue weighted by molar-refractivity contribution is 7.19. The van der Waals surface area contributed by atoms with Crippen molar-refractivity contribution >= 4 is 45.3 Å². The average Bonchev–Trinajstić information content (AvgIpc) is 3.31. The van der Waals surface area contributed by atoms with Crippen LogP contribution in [0.25, 0.3) is 32.7 Å². The lowest BCUT2D eigenvalue weighted by molar-refractivity contribution is -0.140. The van der Waals surface area contributed by atoms with Crippen molar-refractivity contribution in [1.82, 2.24) is 9.88 Å². The molecule has 0 bridgehead atoms. The van der Waals surface area contributed by atoms with Crippen LogP contribution < -0.4 is 0 Å². The molecule has 0 saturated carbocycles. The van der Waals surface area contributed by atoms with E-state index in [1.807, 2.05) is 24.3 Å². The van der Waals surface area contributed by atoms with Gasteiger partial charge in [0.2, 0.25) is 5.71 Å². The van der Waals surface area contributed by atoms with Gasteiger partial charge in [-0.25, -0.2) is 9.83 Å². The monoisotopic (exact) mass is 414 g/mol. The standard InChI is InChI=1S/C22H14N4O3S/c1-4-26-21(27)15(12(2)16(11-23)22(26)28)9-19-25-20-18(30-19)10-17(29-20)13-5-7-14(24-3)8-6-13/h5-10H,4H2,1-2H3/b15-9-. The molecular weight excluding hydrogens is 400 g/mol. The summed E-state index contributed by atoms with van der Waals surface area (Å²) in [5.74, 6) is -0.369. The highest BCUT2D eigenvalue weighted by atomic mass is 32.1. The molecule has 4 rings (SSSR count). The molecule has 0 saturated heterocycles. The maximum atomic E-state index is 12.7. The number of furan rings is 1. The molecule has 0 aliphatic carbocycles. The third-order valence-corrected chi connectivity index (χ3v) is 5.73. The van der Waals surface area contributed by atoms with Gasteiger partial charge in [0.15, 0.2) is 5.69 Å². The normalized spacial score (nSPS) is 15.7. The van der Waals surface area contributed by atoms with Crippen LogP contribution in [0, 0.1) is 17.9 Å². The van der Waals surface area contributed by atoms with Crippen LogP contribution in [0.15, 0.2) is 51.5 Å². The van der Waals surface area contributed by atoms with Crippen molar-refractivity contribution in [1.29, 1.82) is 5.26 Å². The molecule has 0 unspecified atom stereocenters. The summed E-state index contributed by atoms with van der Waals surface area (Å²) in [5, 5.41) is 9.88. The van der Waals surface area contributed by atoms with Crippen LogP contribution in [0.4, 0.5) is 5.69 Å². The van der Waals surface area contributed by atoms with E-state index in [9.17, 15) is 14.9 Å². The SMILES string of the molecule is [C-]#[N+]c1ccc(-c2cc3sc(/C=C4\C(=O)N(CC)C(=O)C(C#N)=C4C)nc3o2)cc1. The van der Waals surface area contributed by atoms with Crippen LogP contribution in [0.1, 0.15) is 18.9 Å². The molecule has 146 valence electrons. The Morgan fingerprint density at radius 3 is 2.63 bits per heavy atom. The summed E-state index contributed by atoms with van der Waals surface area (Å²) in [7, 11) is 0.